The van der Waals surface area contributed by atoms with Gasteiger partial charge in [-0.1, -0.05) is 0 Å². The van der Waals surface area contributed by atoms with Crippen LogP contribution in [0.1, 0.15) is 26.7 Å². The fraction of sp³-hybridized carbons (Fsp3) is 0.900. The Balaban J connectivity index is 2.39. The summed E-state index contributed by atoms with van der Waals surface area (Å²) in [6.45, 7) is 5.47. The standard InChI is InChI=1S/C10H20N2O2/c1-10(2,14-3)9(13)12-8-5-4-6-11-7-8/h8,11H,4-7H2,1-3H3,(H,12,13)/t8-/m0/s1. The summed E-state index contributed by atoms with van der Waals surface area (Å²) in [5, 5.41) is 6.24. The van der Waals surface area contributed by atoms with Crippen molar-refractivity contribution in [3.8, 4) is 0 Å². The van der Waals surface area contributed by atoms with Crippen LogP contribution in [0, 0.1) is 0 Å². The molecule has 0 aromatic heterocycles. The van der Waals surface area contributed by atoms with Crippen LogP contribution in [-0.2, 0) is 9.53 Å². The Bertz CT molecular complexity index is 198. The molecule has 0 aliphatic carbocycles. The fourth-order valence-corrected chi connectivity index (χ4v) is 1.43. The Labute approximate surface area is 85.4 Å². The summed E-state index contributed by atoms with van der Waals surface area (Å²) in [5.74, 6) is -0.0336. The molecule has 1 heterocycles. The summed E-state index contributed by atoms with van der Waals surface area (Å²) in [6, 6.07) is 0.255. The van der Waals surface area contributed by atoms with Crippen LogP contribution < -0.4 is 10.6 Å². The molecule has 1 fully saturated rings. The molecule has 1 rings (SSSR count). The number of methoxy groups -OCH3 is 1. The Morgan fingerprint density at radius 2 is 2.29 bits per heavy atom. The van der Waals surface area contributed by atoms with Gasteiger partial charge in [0.15, 0.2) is 0 Å². The first-order valence-corrected chi connectivity index (χ1v) is 5.13. The summed E-state index contributed by atoms with van der Waals surface area (Å²) in [6.07, 6.45) is 2.18. The van der Waals surface area contributed by atoms with Gasteiger partial charge in [0.1, 0.15) is 5.60 Å². The maximum atomic E-state index is 11.7. The van der Waals surface area contributed by atoms with Gasteiger partial charge in [0.25, 0.3) is 5.91 Å². The van der Waals surface area contributed by atoms with Crippen LogP contribution in [0.5, 0.6) is 0 Å². The monoisotopic (exact) mass is 200 g/mol. The zero-order valence-corrected chi connectivity index (χ0v) is 9.22. The van der Waals surface area contributed by atoms with Crippen LogP contribution in [0.3, 0.4) is 0 Å². The van der Waals surface area contributed by atoms with Crippen molar-refractivity contribution in [1.29, 1.82) is 0 Å². The Morgan fingerprint density at radius 3 is 2.79 bits per heavy atom. The average molecular weight is 200 g/mol. The smallest absolute Gasteiger partial charge is 0.251 e. The van der Waals surface area contributed by atoms with E-state index in [1.54, 1.807) is 21.0 Å². The highest BCUT2D eigenvalue weighted by Crippen LogP contribution is 2.09. The molecular formula is C10H20N2O2. The quantitative estimate of drug-likeness (QED) is 0.688. The molecule has 4 nitrogen and oxygen atoms in total. The molecule has 2 N–H and O–H groups in total. The van der Waals surface area contributed by atoms with Crippen molar-refractivity contribution in [2.45, 2.75) is 38.3 Å². The van der Waals surface area contributed by atoms with Gasteiger partial charge >= 0.3 is 0 Å². The van der Waals surface area contributed by atoms with Gasteiger partial charge in [-0.25, -0.2) is 0 Å². The van der Waals surface area contributed by atoms with Gasteiger partial charge in [0, 0.05) is 19.7 Å². The normalized spacial score (nSPS) is 23.2. The maximum absolute atomic E-state index is 11.7. The summed E-state index contributed by atoms with van der Waals surface area (Å²) < 4.78 is 5.11. The molecule has 1 amide bonds. The SMILES string of the molecule is COC(C)(C)C(=O)N[C@H]1CCCNC1. The van der Waals surface area contributed by atoms with Crippen molar-refractivity contribution < 1.29 is 9.53 Å². The van der Waals surface area contributed by atoms with Crippen LogP contribution >= 0.6 is 0 Å². The van der Waals surface area contributed by atoms with E-state index in [9.17, 15) is 4.79 Å². The first-order valence-electron chi connectivity index (χ1n) is 5.13. The van der Waals surface area contributed by atoms with E-state index >= 15 is 0 Å². The number of ether oxygens (including phenoxy) is 1. The second-order valence-corrected chi connectivity index (χ2v) is 4.23. The average Bonchev–Trinajstić information content (AvgIpc) is 2.19. The predicted octanol–water partition coefficient (Wildman–Crippen LogP) is 0.280. The Hall–Kier alpha value is -0.610. The van der Waals surface area contributed by atoms with Gasteiger partial charge < -0.3 is 15.4 Å². The van der Waals surface area contributed by atoms with Crippen LogP contribution in [0.15, 0.2) is 0 Å². The highest BCUT2D eigenvalue weighted by atomic mass is 16.5. The lowest BCUT2D eigenvalue weighted by Crippen LogP contribution is -2.52. The molecule has 0 radical (unpaired) electrons. The highest BCUT2D eigenvalue weighted by Gasteiger charge is 2.29. The minimum absolute atomic E-state index is 0.0336. The Kier molecular flexibility index (Phi) is 3.89. The molecule has 1 saturated heterocycles. The molecule has 4 heteroatoms. The van der Waals surface area contributed by atoms with Crippen molar-refractivity contribution in [3.63, 3.8) is 0 Å². The number of nitrogens with one attached hydrogen (secondary N) is 2. The third-order valence-corrected chi connectivity index (χ3v) is 2.69. The van der Waals surface area contributed by atoms with Crippen LogP contribution in [-0.4, -0.2) is 37.7 Å². The molecule has 0 spiro atoms. The number of carbonyl (C=O) groups excluding carboxylic acids is 1. The van der Waals surface area contributed by atoms with Crippen LogP contribution in [0.4, 0.5) is 0 Å². The molecule has 1 aliphatic heterocycles. The van der Waals surface area contributed by atoms with Crippen LogP contribution in [0.25, 0.3) is 0 Å². The van der Waals surface area contributed by atoms with Crippen LogP contribution in [0.2, 0.25) is 0 Å². The maximum Gasteiger partial charge on any atom is 0.251 e. The zero-order chi connectivity index (χ0) is 10.6. The first-order chi connectivity index (χ1) is 6.56. The lowest BCUT2D eigenvalue weighted by molar-refractivity contribution is -0.140. The summed E-state index contributed by atoms with van der Waals surface area (Å²) >= 11 is 0. The molecule has 0 saturated carbocycles. The van der Waals surface area contributed by atoms with E-state index in [1.165, 1.54) is 0 Å². The Morgan fingerprint density at radius 1 is 1.57 bits per heavy atom. The van der Waals surface area contributed by atoms with E-state index in [0.717, 1.165) is 25.9 Å². The number of piperidine rings is 1. The van der Waals surface area contributed by atoms with E-state index < -0.39 is 5.60 Å². The number of amides is 1. The third kappa shape index (κ3) is 2.96. The van der Waals surface area contributed by atoms with Gasteiger partial charge in [0.05, 0.1) is 0 Å². The fourth-order valence-electron chi connectivity index (χ4n) is 1.43. The highest BCUT2D eigenvalue weighted by molar-refractivity contribution is 5.84. The predicted molar refractivity (Wildman–Crippen MR) is 55.1 cm³/mol. The van der Waals surface area contributed by atoms with Crippen molar-refractivity contribution in [3.05, 3.63) is 0 Å². The molecule has 0 aromatic rings. The van der Waals surface area contributed by atoms with Gasteiger partial charge in [-0.15, -0.1) is 0 Å². The summed E-state index contributed by atoms with van der Waals surface area (Å²) in [4.78, 5) is 11.7. The minimum Gasteiger partial charge on any atom is -0.369 e. The lowest BCUT2D eigenvalue weighted by Gasteiger charge is -2.28. The van der Waals surface area contributed by atoms with Crippen molar-refractivity contribution >= 4 is 5.91 Å². The van der Waals surface area contributed by atoms with Gasteiger partial charge in [-0.05, 0) is 33.2 Å². The molecule has 1 atom stereocenters. The van der Waals surface area contributed by atoms with Gasteiger partial charge in [0.2, 0.25) is 0 Å². The van der Waals surface area contributed by atoms with Crippen molar-refractivity contribution in [2.24, 2.45) is 0 Å². The second kappa shape index (κ2) is 4.75. The first kappa shape index (κ1) is 11.5. The summed E-state index contributed by atoms with van der Waals surface area (Å²) in [7, 11) is 1.55. The number of hydrogen-bond acceptors (Lipinski definition) is 3. The van der Waals surface area contributed by atoms with E-state index in [4.69, 9.17) is 4.74 Å². The molecular weight excluding hydrogens is 180 g/mol. The lowest BCUT2D eigenvalue weighted by atomic mass is 10.0. The molecule has 14 heavy (non-hydrogen) atoms. The molecule has 0 bridgehead atoms. The van der Waals surface area contributed by atoms with Crippen molar-refractivity contribution in [1.82, 2.24) is 10.6 Å². The molecule has 1 aliphatic rings. The van der Waals surface area contributed by atoms with Crippen molar-refractivity contribution in [2.75, 3.05) is 20.2 Å². The summed E-state index contributed by atoms with van der Waals surface area (Å²) in [5.41, 5.74) is -0.725. The topological polar surface area (TPSA) is 50.4 Å². The number of rotatable bonds is 3. The minimum atomic E-state index is -0.725. The molecule has 0 unspecified atom stereocenters. The van der Waals surface area contributed by atoms with E-state index in [1.807, 2.05) is 0 Å². The van der Waals surface area contributed by atoms with E-state index in [2.05, 4.69) is 10.6 Å². The second-order valence-electron chi connectivity index (χ2n) is 4.23. The van der Waals surface area contributed by atoms with Gasteiger partial charge in [-0.2, -0.15) is 0 Å². The van der Waals surface area contributed by atoms with E-state index in [0.29, 0.717) is 0 Å². The largest absolute Gasteiger partial charge is 0.369 e. The zero-order valence-electron chi connectivity index (χ0n) is 9.22. The number of hydrogen-bond donors (Lipinski definition) is 2. The number of carbonyl (C=O) groups is 1. The third-order valence-electron chi connectivity index (χ3n) is 2.69. The van der Waals surface area contributed by atoms with Gasteiger partial charge in [-0.3, -0.25) is 4.79 Å². The van der Waals surface area contributed by atoms with E-state index in [-0.39, 0.29) is 11.9 Å². The molecule has 82 valence electrons. The molecule has 0 aromatic carbocycles.